The summed E-state index contributed by atoms with van der Waals surface area (Å²) < 4.78 is 1.85. The number of aliphatic hydroxyl groups excluding tert-OH is 1. The molecule has 116 valence electrons. The van der Waals surface area contributed by atoms with Crippen molar-refractivity contribution in [2.24, 2.45) is 0 Å². The zero-order chi connectivity index (χ0) is 15.0. The highest BCUT2D eigenvalue weighted by Gasteiger charge is 2.42. The van der Waals surface area contributed by atoms with E-state index in [1.165, 1.54) is 0 Å². The van der Waals surface area contributed by atoms with E-state index in [1.807, 2.05) is 18.5 Å². The molecule has 1 aliphatic carbocycles. The average molecular weight is 294 g/mol. The maximum atomic E-state index is 12.5. The molecule has 0 unspecified atom stereocenters. The topological polar surface area (TPSA) is 96.2 Å². The Kier molecular flexibility index (Phi) is 3.79. The van der Waals surface area contributed by atoms with Crippen LogP contribution in [0.15, 0.2) is 0 Å². The van der Waals surface area contributed by atoms with Crippen LogP contribution in [0.25, 0.3) is 0 Å². The molecule has 8 heteroatoms. The van der Waals surface area contributed by atoms with E-state index in [0.29, 0.717) is 6.04 Å². The summed E-state index contributed by atoms with van der Waals surface area (Å²) in [5.41, 5.74) is 0. The van der Waals surface area contributed by atoms with Crippen molar-refractivity contribution in [3.63, 3.8) is 0 Å². The third-order valence-corrected chi connectivity index (χ3v) is 4.07. The van der Waals surface area contributed by atoms with Crippen LogP contribution in [0.5, 0.6) is 0 Å². The van der Waals surface area contributed by atoms with Gasteiger partial charge in [-0.3, -0.25) is 0 Å². The van der Waals surface area contributed by atoms with Crippen LogP contribution in [-0.4, -0.2) is 54.9 Å². The number of hydrogen-bond donors (Lipinski definition) is 2. The van der Waals surface area contributed by atoms with Crippen molar-refractivity contribution in [1.82, 2.24) is 30.4 Å². The second-order valence-corrected chi connectivity index (χ2v) is 6.15. The highest BCUT2D eigenvalue weighted by Crippen LogP contribution is 2.40. The molecule has 1 saturated carbocycles. The van der Waals surface area contributed by atoms with E-state index in [1.54, 1.807) is 4.90 Å². The molecule has 1 aromatic rings. The lowest BCUT2D eigenvalue weighted by Gasteiger charge is -2.29. The molecule has 1 aliphatic heterocycles. The molecule has 2 amide bonds. The minimum Gasteiger partial charge on any atom is -0.394 e. The van der Waals surface area contributed by atoms with Gasteiger partial charge in [0.25, 0.3) is 0 Å². The van der Waals surface area contributed by atoms with Gasteiger partial charge in [0.15, 0.2) is 5.82 Å². The number of urea groups is 1. The van der Waals surface area contributed by atoms with Gasteiger partial charge in [-0.15, -0.1) is 5.10 Å². The van der Waals surface area contributed by atoms with Gasteiger partial charge in [0.2, 0.25) is 0 Å². The van der Waals surface area contributed by atoms with Crippen molar-refractivity contribution >= 4 is 6.03 Å². The van der Waals surface area contributed by atoms with Crippen LogP contribution in [0.2, 0.25) is 0 Å². The van der Waals surface area contributed by atoms with E-state index < -0.39 is 0 Å². The Bertz CT molecular complexity index is 513. The van der Waals surface area contributed by atoms with Crippen molar-refractivity contribution in [2.45, 2.75) is 63.7 Å². The van der Waals surface area contributed by atoms with Crippen molar-refractivity contribution < 1.29 is 9.90 Å². The van der Waals surface area contributed by atoms with E-state index >= 15 is 0 Å². The molecule has 0 bridgehead atoms. The molecule has 3 rings (SSSR count). The molecule has 8 nitrogen and oxygen atoms in total. The van der Waals surface area contributed by atoms with E-state index in [-0.39, 0.29) is 30.8 Å². The number of likely N-dealkylation sites (tertiary alicyclic amines) is 1. The van der Waals surface area contributed by atoms with E-state index in [4.69, 9.17) is 0 Å². The summed E-state index contributed by atoms with van der Waals surface area (Å²) in [4.78, 5) is 14.2. The minimum absolute atomic E-state index is 0.0347. The van der Waals surface area contributed by atoms with Crippen LogP contribution >= 0.6 is 0 Å². The lowest BCUT2D eigenvalue weighted by Crippen LogP contribution is -2.47. The summed E-state index contributed by atoms with van der Waals surface area (Å²) in [6, 6.07) is -0.0535. The summed E-state index contributed by atoms with van der Waals surface area (Å²) in [5, 5.41) is 24.4. The van der Waals surface area contributed by atoms with Crippen molar-refractivity contribution in [1.29, 1.82) is 0 Å². The van der Waals surface area contributed by atoms with Gasteiger partial charge in [-0.2, -0.15) is 0 Å². The van der Waals surface area contributed by atoms with E-state index in [9.17, 15) is 9.90 Å². The monoisotopic (exact) mass is 294 g/mol. The lowest BCUT2D eigenvalue weighted by atomic mass is 10.2. The second-order valence-electron chi connectivity index (χ2n) is 6.15. The smallest absolute Gasteiger partial charge is 0.318 e. The maximum Gasteiger partial charge on any atom is 0.318 e. The number of aromatic nitrogens is 4. The molecule has 0 spiro atoms. The normalized spacial score (nSPS) is 25.6. The minimum atomic E-state index is -0.168. The quantitative estimate of drug-likeness (QED) is 0.849. The zero-order valence-corrected chi connectivity index (χ0v) is 12.4. The zero-order valence-electron chi connectivity index (χ0n) is 12.4. The van der Waals surface area contributed by atoms with Gasteiger partial charge in [-0.25, -0.2) is 9.48 Å². The summed E-state index contributed by atoms with van der Waals surface area (Å²) in [6.07, 6.45) is 3.73. The number of aliphatic hydroxyl groups is 1. The van der Waals surface area contributed by atoms with E-state index in [0.717, 1.165) is 31.5 Å². The van der Waals surface area contributed by atoms with Crippen LogP contribution in [0.3, 0.4) is 0 Å². The van der Waals surface area contributed by atoms with Gasteiger partial charge in [0.1, 0.15) is 0 Å². The molecule has 21 heavy (non-hydrogen) atoms. The predicted molar refractivity (Wildman–Crippen MR) is 74.4 cm³/mol. The lowest BCUT2D eigenvalue weighted by molar-refractivity contribution is 0.133. The van der Waals surface area contributed by atoms with Gasteiger partial charge < -0.3 is 15.3 Å². The SMILES string of the molecule is CC(C)NC(=O)N1[C@H](CO)CC[C@H]1c1nnnn1C1CC1. The van der Waals surface area contributed by atoms with Gasteiger partial charge in [-0.05, 0) is 50.0 Å². The predicted octanol–water partition coefficient (Wildman–Crippen LogP) is 0.624. The molecule has 2 fully saturated rings. The Morgan fingerprint density at radius 3 is 2.76 bits per heavy atom. The highest BCUT2D eigenvalue weighted by molar-refractivity contribution is 5.75. The molecule has 1 saturated heterocycles. The largest absolute Gasteiger partial charge is 0.394 e. The molecule has 2 N–H and O–H groups in total. The Hall–Kier alpha value is -1.70. The second kappa shape index (κ2) is 5.59. The van der Waals surface area contributed by atoms with Crippen molar-refractivity contribution in [2.75, 3.05) is 6.61 Å². The number of amides is 2. The number of tetrazole rings is 1. The maximum absolute atomic E-state index is 12.5. The summed E-state index contributed by atoms with van der Waals surface area (Å²) in [5.74, 6) is 0.743. The van der Waals surface area contributed by atoms with Crippen molar-refractivity contribution in [3.05, 3.63) is 5.82 Å². The van der Waals surface area contributed by atoms with Crippen LogP contribution in [0, 0.1) is 0 Å². The first-order chi connectivity index (χ1) is 10.1. The van der Waals surface area contributed by atoms with Crippen molar-refractivity contribution in [3.8, 4) is 0 Å². The third kappa shape index (κ3) is 2.72. The molecule has 2 atom stereocenters. The molecule has 0 radical (unpaired) electrons. The average Bonchev–Trinajstić information content (AvgIpc) is 3.02. The first-order valence-electron chi connectivity index (χ1n) is 7.59. The number of rotatable bonds is 4. The van der Waals surface area contributed by atoms with Crippen LogP contribution in [0.1, 0.15) is 57.4 Å². The molecule has 1 aromatic heterocycles. The van der Waals surface area contributed by atoms with Gasteiger partial charge in [0, 0.05) is 6.04 Å². The van der Waals surface area contributed by atoms with Crippen LogP contribution in [0.4, 0.5) is 4.79 Å². The molecule has 0 aromatic carbocycles. The van der Waals surface area contributed by atoms with Gasteiger partial charge in [0.05, 0.1) is 24.7 Å². The number of carbonyl (C=O) groups is 1. The third-order valence-electron chi connectivity index (χ3n) is 4.07. The Balaban J connectivity index is 1.85. The summed E-state index contributed by atoms with van der Waals surface area (Å²) in [7, 11) is 0. The van der Waals surface area contributed by atoms with Crippen LogP contribution in [-0.2, 0) is 0 Å². The fraction of sp³-hybridized carbons (Fsp3) is 0.846. The summed E-state index contributed by atoms with van der Waals surface area (Å²) >= 11 is 0. The first-order valence-corrected chi connectivity index (χ1v) is 7.59. The van der Waals surface area contributed by atoms with Gasteiger partial charge in [-0.1, -0.05) is 0 Å². The standard InChI is InChI=1S/C13H22N6O2/c1-8(2)14-13(21)18-10(7-20)5-6-11(18)12-15-16-17-19(12)9-3-4-9/h8-11,20H,3-7H2,1-2H3,(H,14,21)/t10-,11-/m0/s1. The summed E-state index contributed by atoms with van der Waals surface area (Å²) in [6.45, 7) is 3.81. The Labute approximate surface area is 123 Å². The fourth-order valence-corrected chi connectivity index (χ4v) is 2.94. The number of nitrogens with zero attached hydrogens (tertiary/aromatic N) is 5. The number of hydrogen-bond acceptors (Lipinski definition) is 5. The fourth-order valence-electron chi connectivity index (χ4n) is 2.94. The van der Waals surface area contributed by atoms with E-state index in [2.05, 4.69) is 20.8 Å². The van der Waals surface area contributed by atoms with Crippen LogP contribution < -0.4 is 5.32 Å². The first kappa shape index (κ1) is 14.2. The Morgan fingerprint density at radius 2 is 2.14 bits per heavy atom. The van der Waals surface area contributed by atoms with Gasteiger partial charge >= 0.3 is 6.03 Å². The number of nitrogens with one attached hydrogen (secondary N) is 1. The number of carbonyl (C=O) groups excluding carboxylic acids is 1. The molecular formula is C13H22N6O2. The highest BCUT2D eigenvalue weighted by atomic mass is 16.3. The Morgan fingerprint density at radius 1 is 1.38 bits per heavy atom. The molecule has 2 heterocycles. The molecular weight excluding hydrogens is 272 g/mol. The molecule has 2 aliphatic rings.